The van der Waals surface area contributed by atoms with Crippen molar-refractivity contribution < 1.29 is 4.21 Å². The van der Waals surface area contributed by atoms with Gasteiger partial charge in [-0.2, -0.15) is 0 Å². The van der Waals surface area contributed by atoms with Gasteiger partial charge in [-0.3, -0.25) is 4.21 Å². The Morgan fingerprint density at radius 1 is 1.69 bits per heavy atom. The van der Waals surface area contributed by atoms with E-state index in [9.17, 15) is 4.21 Å². The van der Waals surface area contributed by atoms with Crippen LogP contribution < -0.4 is 5.32 Å². The van der Waals surface area contributed by atoms with Crippen LogP contribution in [-0.2, 0) is 17.2 Å². The Morgan fingerprint density at radius 2 is 2.50 bits per heavy atom. The number of nitrogens with one attached hydrogen (secondary N) is 1. The molecular formula is C11H16ClNOS2. The summed E-state index contributed by atoms with van der Waals surface area (Å²) in [6, 6.07) is 2.55. The van der Waals surface area contributed by atoms with Crippen molar-refractivity contribution in [2.45, 2.75) is 25.3 Å². The average molecular weight is 278 g/mol. The zero-order chi connectivity index (χ0) is 11.5. The minimum Gasteiger partial charge on any atom is -0.310 e. The number of aryl methyl sites for hydroxylation is 1. The summed E-state index contributed by atoms with van der Waals surface area (Å²) >= 11 is 7.70. The van der Waals surface area contributed by atoms with Crippen molar-refractivity contribution in [1.29, 1.82) is 0 Å². The van der Waals surface area contributed by atoms with E-state index < -0.39 is 10.8 Å². The molecule has 1 aromatic heterocycles. The Bertz CT molecular complexity index is 391. The zero-order valence-electron chi connectivity index (χ0n) is 9.29. The number of thiophene rings is 1. The van der Waals surface area contributed by atoms with Crippen LogP contribution in [0, 0.1) is 0 Å². The van der Waals surface area contributed by atoms with Gasteiger partial charge in [0.15, 0.2) is 0 Å². The van der Waals surface area contributed by atoms with Crippen molar-refractivity contribution >= 4 is 33.7 Å². The highest BCUT2D eigenvalue weighted by Gasteiger charge is 2.24. The molecule has 0 saturated carbocycles. The van der Waals surface area contributed by atoms with E-state index in [4.69, 9.17) is 11.6 Å². The van der Waals surface area contributed by atoms with E-state index in [0.29, 0.717) is 6.04 Å². The Hall–Kier alpha value is 0.1000. The molecule has 0 saturated heterocycles. The monoisotopic (exact) mass is 277 g/mol. The highest BCUT2D eigenvalue weighted by Crippen LogP contribution is 2.39. The summed E-state index contributed by atoms with van der Waals surface area (Å²) in [4.78, 5) is 1.43. The maximum atomic E-state index is 10.9. The fourth-order valence-electron chi connectivity index (χ4n) is 2.09. The van der Waals surface area contributed by atoms with Gasteiger partial charge in [0.1, 0.15) is 0 Å². The minimum atomic E-state index is -0.669. The van der Waals surface area contributed by atoms with Gasteiger partial charge in [-0.1, -0.05) is 11.6 Å². The highest BCUT2D eigenvalue weighted by molar-refractivity contribution is 7.84. The number of rotatable bonds is 5. The van der Waals surface area contributed by atoms with E-state index >= 15 is 0 Å². The van der Waals surface area contributed by atoms with Gasteiger partial charge in [-0.25, -0.2) is 0 Å². The SMILES string of the molecule is CS(=O)CCCNC1CCc2sc(Cl)cc21. The van der Waals surface area contributed by atoms with Crippen LogP contribution in [0.3, 0.4) is 0 Å². The van der Waals surface area contributed by atoms with Gasteiger partial charge < -0.3 is 5.32 Å². The Labute approximate surface area is 108 Å². The Kier molecular flexibility index (Phi) is 4.41. The standard InChI is InChI=1S/C11H16ClNOS2/c1-16(14)6-2-5-13-9-3-4-10-8(9)7-11(12)15-10/h7,9,13H,2-6H2,1H3. The molecule has 2 atom stereocenters. The predicted molar refractivity (Wildman–Crippen MR) is 71.9 cm³/mol. The summed E-state index contributed by atoms with van der Waals surface area (Å²) in [5, 5.41) is 3.52. The highest BCUT2D eigenvalue weighted by atomic mass is 35.5. The zero-order valence-corrected chi connectivity index (χ0v) is 11.7. The summed E-state index contributed by atoms with van der Waals surface area (Å²) in [6.07, 6.45) is 5.05. The van der Waals surface area contributed by atoms with Crippen molar-refractivity contribution in [3.63, 3.8) is 0 Å². The molecule has 1 heterocycles. The topological polar surface area (TPSA) is 29.1 Å². The molecular weight excluding hydrogens is 262 g/mol. The Balaban J connectivity index is 1.81. The van der Waals surface area contributed by atoms with Crippen molar-refractivity contribution in [1.82, 2.24) is 5.32 Å². The molecule has 1 aliphatic carbocycles. The van der Waals surface area contributed by atoms with Crippen LogP contribution in [0.5, 0.6) is 0 Å². The molecule has 0 aliphatic heterocycles. The predicted octanol–water partition coefficient (Wildman–Crippen LogP) is 2.75. The van der Waals surface area contributed by atoms with Crippen LogP contribution in [0.4, 0.5) is 0 Å². The molecule has 0 bridgehead atoms. The van der Waals surface area contributed by atoms with E-state index in [1.54, 1.807) is 17.6 Å². The van der Waals surface area contributed by atoms with Crippen LogP contribution in [-0.4, -0.2) is 22.8 Å². The van der Waals surface area contributed by atoms with Crippen LogP contribution in [0.1, 0.15) is 29.3 Å². The molecule has 16 heavy (non-hydrogen) atoms. The van der Waals surface area contributed by atoms with E-state index in [-0.39, 0.29) is 0 Å². The van der Waals surface area contributed by atoms with Gasteiger partial charge in [0.25, 0.3) is 0 Å². The first-order valence-corrected chi connectivity index (χ1v) is 8.40. The molecule has 2 unspecified atom stereocenters. The van der Waals surface area contributed by atoms with Gasteiger partial charge in [-0.05, 0) is 37.4 Å². The maximum absolute atomic E-state index is 10.9. The second-order valence-corrected chi connectivity index (χ2v) is 7.43. The van der Waals surface area contributed by atoms with Gasteiger partial charge in [-0.15, -0.1) is 11.3 Å². The molecule has 1 N–H and O–H groups in total. The lowest BCUT2D eigenvalue weighted by Crippen LogP contribution is -2.21. The largest absolute Gasteiger partial charge is 0.310 e. The first-order valence-electron chi connectivity index (χ1n) is 5.48. The lowest BCUT2D eigenvalue weighted by molar-refractivity contribution is 0.529. The third-order valence-corrected chi connectivity index (χ3v) is 5.05. The molecule has 0 amide bonds. The lowest BCUT2D eigenvalue weighted by atomic mass is 10.2. The number of fused-ring (bicyclic) bond motifs is 1. The van der Waals surface area contributed by atoms with Crippen molar-refractivity contribution in [2.24, 2.45) is 0 Å². The lowest BCUT2D eigenvalue weighted by Gasteiger charge is -2.12. The molecule has 90 valence electrons. The maximum Gasteiger partial charge on any atom is 0.0934 e. The van der Waals surface area contributed by atoms with Gasteiger partial charge in [0.2, 0.25) is 0 Å². The van der Waals surface area contributed by atoms with E-state index in [1.165, 1.54) is 16.9 Å². The van der Waals surface area contributed by atoms with Crippen molar-refractivity contribution in [2.75, 3.05) is 18.6 Å². The Morgan fingerprint density at radius 3 is 3.25 bits per heavy atom. The second kappa shape index (κ2) is 5.63. The molecule has 1 aliphatic rings. The average Bonchev–Trinajstić information content (AvgIpc) is 2.72. The fourth-order valence-corrected chi connectivity index (χ4v) is 4.00. The van der Waals surface area contributed by atoms with E-state index in [2.05, 4.69) is 11.4 Å². The number of hydrogen-bond acceptors (Lipinski definition) is 3. The summed E-state index contributed by atoms with van der Waals surface area (Å²) in [6.45, 7) is 0.942. The fraction of sp³-hybridized carbons (Fsp3) is 0.636. The summed E-state index contributed by atoms with van der Waals surface area (Å²) in [5.74, 6) is 0.789. The number of halogens is 1. The summed E-state index contributed by atoms with van der Waals surface area (Å²) < 4.78 is 11.8. The van der Waals surface area contributed by atoms with Crippen molar-refractivity contribution in [3.8, 4) is 0 Å². The molecule has 0 spiro atoms. The van der Waals surface area contributed by atoms with Crippen LogP contribution in [0.15, 0.2) is 6.07 Å². The van der Waals surface area contributed by atoms with E-state index in [0.717, 1.165) is 29.5 Å². The normalized spacial score (nSPS) is 21.0. The van der Waals surface area contributed by atoms with Crippen LogP contribution in [0.25, 0.3) is 0 Å². The quantitative estimate of drug-likeness (QED) is 0.839. The summed E-state index contributed by atoms with van der Waals surface area (Å²) in [7, 11) is -0.669. The second-order valence-electron chi connectivity index (χ2n) is 4.11. The minimum absolute atomic E-state index is 0.462. The summed E-state index contributed by atoms with van der Waals surface area (Å²) in [5.41, 5.74) is 1.38. The van der Waals surface area contributed by atoms with Gasteiger partial charge >= 0.3 is 0 Å². The molecule has 2 rings (SSSR count). The molecule has 0 radical (unpaired) electrons. The molecule has 0 fully saturated rings. The van der Waals surface area contributed by atoms with E-state index in [1.807, 2.05) is 0 Å². The first kappa shape index (κ1) is 12.6. The van der Waals surface area contributed by atoms with Crippen LogP contribution in [0.2, 0.25) is 4.34 Å². The third-order valence-electron chi connectivity index (χ3n) is 2.85. The van der Waals surface area contributed by atoms with Gasteiger partial charge in [0, 0.05) is 33.7 Å². The molecule has 0 aromatic carbocycles. The number of hydrogen-bond donors (Lipinski definition) is 1. The molecule has 5 heteroatoms. The first-order chi connectivity index (χ1) is 7.66. The smallest absolute Gasteiger partial charge is 0.0934 e. The molecule has 1 aromatic rings. The van der Waals surface area contributed by atoms with Gasteiger partial charge in [0.05, 0.1) is 4.34 Å². The third kappa shape index (κ3) is 3.06. The van der Waals surface area contributed by atoms with Crippen LogP contribution >= 0.6 is 22.9 Å². The molecule has 2 nitrogen and oxygen atoms in total. The van der Waals surface area contributed by atoms with Crippen molar-refractivity contribution in [3.05, 3.63) is 20.8 Å².